The Hall–Kier alpha value is -3.84. The van der Waals surface area contributed by atoms with Crippen LogP contribution in [0.2, 0.25) is 0 Å². The van der Waals surface area contributed by atoms with E-state index in [0.717, 1.165) is 40.8 Å². The maximum atomic E-state index is 13.3. The van der Waals surface area contributed by atoms with Gasteiger partial charge in [0.15, 0.2) is 11.5 Å². The molecule has 0 unspecified atom stereocenters. The standard InChI is InChI=1S/C28H28N2O5.3H2/c1-17-3-9-22(14-23(17)19-4-6-20(7-5-19)26(32)29-15-18(2)31)30-27(33)28(11-12-28)21-8-10-24-25(13-21)35-16-34-24;;;/h3-10,13-14,18,31H,11-12,15-16H2,1-2H3,(H,29,32)(H,30,33);3*1H/t18-;;;/m1.../s1. The Bertz CT molecular complexity index is 1290. The van der Waals surface area contributed by atoms with Crippen molar-refractivity contribution in [1.29, 1.82) is 0 Å². The van der Waals surface area contributed by atoms with E-state index >= 15 is 0 Å². The van der Waals surface area contributed by atoms with Gasteiger partial charge in [0, 0.05) is 22.1 Å². The topological polar surface area (TPSA) is 96.9 Å². The van der Waals surface area contributed by atoms with Gasteiger partial charge in [0.1, 0.15) is 0 Å². The second-order valence-corrected chi connectivity index (χ2v) is 9.27. The van der Waals surface area contributed by atoms with Crippen molar-refractivity contribution in [2.45, 2.75) is 38.2 Å². The molecule has 1 aliphatic carbocycles. The van der Waals surface area contributed by atoms with Crippen LogP contribution in [0, 0.1) is 6.92 Å². The third-order valence-electron chi connectivity index (χ3n) is 6.62. The summed E-state index contributed by atoms with van der Waals surface area (Å²) in [4.78, 5) is 25.5. The number of aryl methyl sites for hydroxylation is 1. The van der Waals surface area contributed by atoms with E-state index in [-0.39, 0.29) is 29.4 Å². The van der Waals surface area contributed by atoms with Crippen LogP contribution in [-0.4, -0.2) is 36.4 Å². The van der Waals surface area contributed by atoms with Crippen molar-refractivity contribution in [1.82, 2.24) is 5.32 Å². The van der Waals surface area contributed by atoms with Gasteiger partial charge in [-0.3, -0.25) is 9.59 Å². The summed E-state index contributed by atoms with van der Waals surface area (Å²) in [6.07, 6.45) is 0.976. The van der Waals surface area contributed by atoms with Crippen LogP contribution in [-0.2, 0) is 10.2 Å². The van der Waals surface area contributed by atoms with Gasteiger partial charge in [0.05, 0.1) is 11.5 Å². The first kappa shape index (κ1) is 22.9. The number of fused-ring (bicyclic) bond motifs is 1. The summed E-state index contributed by atoms with van der Waals surface area (Å²) in [7, 11) is 0. The van der Waals surface area contributed by atoms with E-state index in [1.807, 2.05) is 55.5 Å². The highest BCUT2D eigenvalue weighted by atomic mass is 16.7. The first-order valence-corrected chi connectivity index (χ1v) is 11.7. The lowest BCUT2D eigenvalue weighted by molar-refractivity contribution is -0.118. The lowest BCUT2D eigenvalue weighted by Gasteiger charge is -2.17. The molecule has 1 saturated carbocycles. The van der Waals surface area contributed by atoms with Gasteiger partial charge in [0.25, 0.3) is 5.91 Å². The molecule has 7 heteroatoms. The monoisotopic (exact) mass is 478 g/mol. The second-order valence-electron chi connectivity index (χ2n) is 9.27. The highest BCUT2D eigenvalue weighted by Crippen LogP contribution is 2.51. The fraction of sp³-hybridized carbons (Fsp3) is 0.286. The molecule has 2 amide bonds. The van der Waals surface area contributed by atoms with Gasteiger partial charge in [0.2, 0.25) is 12.7 Å². The third kappa shape index (κ3) is 4.59. The van der Waals surface area contributed by atoms with Crippen LogP contribution in [0.15, 0.2) is 60.7 Å². The molecule has 35 heavy (non-hydrogen) atoms. The Kier molecular flexibility index (Phi) is 5.94. The van der Waals surface area contributed by atoms with Crippen LogP contribution in [0.1, 0.15) is 45.5 Å². The zero-order valence-corrected chi connectivity index (χ0v) is 19.8. The molecule has 2 aliphatic rings. The molecular weight excluding hydrogens is 444 g/mol. The summed E-state index contributed by atoms with van der Waals surface area (Å²) in [6, 6.07) is 18.9. The number of hydrogen-bond donors (Lipinski definition) is 3. The molecule has 3 aromatic carbocycles. The molecule has 5 rings (SSSR count). The smallest absolute Gasteiger partial charge is 0.251 e. The summed E-state index contributed by atoms with van der Waals surface area (Å²) in [5.74, 6) is 1.13. The van der Waals surface area contributed by atoms with E-state index in [0.29, 0.717) is 17.1 Å². The number of nitrogens with one attached hydrogen (secondary N) is 2. The van der Waals surface area contributed by atoms with Crippen LogP contribution in [0.3, 0.4) is 0 Å². The number of anilines is 1. The largest absolute Gasteiger partial charge is 0.454 e. The number of amides is 2. The van der Waals surface area contributed by atoms with Gasteiger partial charge in [-0.25, -0.2) is 0 Å². The maximum Gasteiger partial charge on any atom is 0.251 e. The zero-order chi connectivity index (χ0) is 24.6. The van der Waals surface area contributed by atoms with E-state index in [2.05, 4.69) is 10.6 Å². The highest BCUT2D eigenvalue weighted by molar-refractivity contribution is 6.02. The molecule has 0 spiro atoms. The highest BCUT2D eigenvalue weighted by Gasteiger charge is 2.51. The average molecular weight is 479 g/mol. The number of carbonyl (C=O) groups excluding carboxylic acids is 2. The summed E-state index contributed by atoms with van der Waals surface area (Å²) in [5, 5.41) is 15.2. The molecule has 1 atom stereocenters. The van der Waals surface area contributed by atoms with E-state index in [9.17, 15) is 14.7 Å². The molecule has 3 aromatic rings. The minimum Gasteiger partial charge on any atom is -0.454 e. The van der Waals surface area contributed by atoms with Crippen LogP contribution < -0.4 is 20.1 Å². The van der Waals surface area contributed by atoms with Crippen LogP contribution in [0.4, 0.5) is 5.69 Å². The first-order chi connectivity index (χ1) is 16.9. The first-order valence-electron chi connectivity index (χ1n) is 11.7. The van der Waals surface area contributed by atoms with E-state index in [4.69, 9.17) is 9.47 Å². The Morgan fingerprint density at radius 2 is 1.77 bits per heavy atom. The normalized spacial score (nSPS) is 15.9. The number of aliphatic hydroxyl groups excluding tert-OH is 1. The predicted molar refractivity (Wildman–Crippen MR) is 139 cm³/mol. The molecule has 3 N–H and O–H groups in total. The van der Waals surface area contributed by atoms with Crippen molar-refractivity contribution in [2.75, 3.05) is 18.7 Å². The quantitative estimate of drug-likeness (QED) is 0.448. The minimum absolute atomic E-state index is 0. The molecule has 1 heterocycles. The van der Waals surface area contributed by atoms with Crippen molar-refractivity contribution < 1.29 is 28.4 Å². The Labute approximate surface area is 208 Å². The third-order valence-corrected chi connectivity index (χ3v) is 6.62. The van der Waals surface area contributed by atoms with Crippen LogP contribution in [0.5, 0.6) is 11.5 Å². The number of carbonyl (C=O) groups is 2. The van der Waals surface area contributed by atoms with Crippen molar-refractivity contribution in [3.05, 3.63) is 77.4 Å². The fourth-order valence-electron chi connectivity index (χ4n) is 4.37. The average Bonchev–Trinajstić information content (AvgIpc) is 3.54. The van der Waals surface area contributed by atoms with E-state index < -0.39 is 11.5 Å². The number of ether oxygens (including phenoxy) is 2. The van der Waals surface area contributed by atoms with E-state index in [1.54, 1.807) is 19.1 Å². The van der Waals surface area contributed by atoms with Crippen molar-refractivity contribution in [2.24, 2.45) is 0 Å². The molecule has 7 nitrogen and oxygen atoms in total. The fourth-order valence-corrected chi connectivity index (χ4v) is 4.37. The summed E-state index contributed by atoms with van der Waals surface area (Å²) in [5.41, 5.74) is 4.63. The van der Waals surface area contributed by atoms with Crippen LogP contribution >= 0.6 is 0 Å². The van der Waals surface area contributed by atoms with Gasteiger partial charge in [-0.15, -0.1) is 0 Å². The van der Waals surface area contributed by atoms with Gasteiger partial charge < -0.3 is 25.2 Å². The van der Waals surface area contributed by atoms with Crippen molar-refractivity contribution in [3.8, 4) is 22.6 Å². The molecule has 1 fully saturated rings. The summed E-state index contributed by atoms with van der Waals surface area (Å²) < 4.78 is 10.9. The molecule has 0 aromatic heterocycles. The van der Waals surface area contributed by atoms with Gasteiger partial charge in [-0.1, -0.05) is 24.3 Å². The number of aliphatic hydroxyl groups is 1. The van der Waals surface area contributed by atoms with Crippen molar-refractivity contribution in [3.63, 3.8) is 0 Å². The second kappa shape index (κ2) is 9.07. The minimum atomic E-state index is -0.598. The zero-order valence-electron chi connectivity index (χ0n) is 19.8. The SMILES string of the molecule is Cc1ccc(NC(=O)C2(c3ccc4c(c3)OCO4)CC2)cc1-c1ccc(C(=O)NC[C@@H](C)O)cc1.[HH].[HH].[HH]. The lowest BCUT2D eigenvalue weighted by atomic mass is 9.94. The van der Waals surface area contributed by atoms with Crippen LogP contribution in [0.25, 0.3) is 11.1 Å². The van der Waals surface area contributed by atoms with E-state index in [1.165, 1.54) is 0 Å². The molecule has 0 radical (unpaired) electrons. The maximum absolute atomic E-state index is 13.3. The van der Waals surface area contributed by atoms with Gasteiger partial charge >= 0.3 is 0 Å². The molecule has 0 saturated heterocycles. The number of hydrogen-bond acceptors (Lipinski definition) is 5. The lowest BCUT2D eigenvalue weighted by Crippen LogP contribution is -2.30. The Balaban J connectivity index is 0.00000169. The summed E-state index contributed by atoms with van der Waals surface area (Å²) in [6.45, 7) is 4.05. The Morgan fingerprint density at radius 3 is 2.49 bits per heavy atom. The number of rotatable bonds is 7. The van der Waals surface area contributed by atoms with Gasteiger partial charge in [-0.05, 0) is 85.3 Å². The predicted octanol–water partition coefficient (Wildman–Crippen LogP) is 4.91. The summed E-state index contributed by atoms with van der Waals surface area (Å²) >= 11 is 0. The van der Waals surface area contributed by atoms with Gasteiger partial charge in [-0.2, -0.15) is 0 Å². The number of benzene rings is 3. The van der Waals surface area contributed by atoms with Crippen molar-refractivity contribution >= 4 is 17.5 Å². The molecule has 186 valence electrons. The Morgan fingerprint density at radius 1 is 1.03 bits per heavy atom. The molecular formula is C28H34N2O5. The molecule has 0 bridgehead atoms. The molecule has 1 aliphatic heterocycles.